The summed E-state index contributed by atoms with van der Waals surface area (Å²) in [7, 11) is 0. The summed E-state index contributed by atoms with van der Waals surface area (Å²) in [5.74, 6) is -0.300. The number of nitrogens with one attached hydrogen (secondary N) is 1. The molecule has 0 saturated heterocycles. The van der Waals surface area contributed by atoms with Crippen LogP contribution in [0, 0.1) is 5.82 Å². The quantitative estimate of drug-likeness (QED) is 0.784. The van der Waals surface area contributed by atoms with Crippen molar-refractivity contribution in [2.45, 2.75) is 25.3 Å². The van der Waals surface area contributed by atoms with Gasteiger partial charge in [0.2, 0.25) is 0 Å². The molecule has 0 radical (unpaired) electrons. The average Bonchev–Trinajstić information content (AvgIpc) is 2.45. The number of halogens is 2. The fourth-order valence-electron chi connectivity index (χ4n) is 2.78. The highest BCUT2D eigenvalue weighted by molar-refractivity contribution is 9.10. The average molecular weight is 335 g/mol. The normalized spacial score (nSPS) is 17.6. The number of nitrogen functional groups attached to an aromatic ring is 1. The molecule has 20 heavy (non-hydrogen) atoms. The SMILES string of the molecule is Nc1cc(Br)c(F)cc1NC1CCCc2ccccc21. The molecule has 0 saturated carbocycles. The van der Waals surface area contributed by atoms with Gasteiger partial charge in [0.15, 0.2) is 0 Å². The molecule has 104 valence electrons. The number of nitrogens with two attached hydrogens (primary N) is 1. The van der Waals surface area contributed by atoms with Crippen molar-refractivity contribution in [3.05, 3.63) is 57.8 Å². The predicted octanol–water partition coefficient (Wildman–Crippen LogP) is 4.66. The molecule has 1 aliphatic rings. The summed E-state index contributed by atoms with van der Waals surface area (Å²) in [6.07, 6.45) is 3.28. The molecule has 2 aromatic carbocycles. The Hall–Kier alpha value is -1.55. The van der Waals surface area contributed by atoms with Crippen LogP contribution in [0.1, 0.15) is 30.0 Å². The summed E-state index contributed by atoms with van der Waals surface area (Å²) >= 11 is 3.15. The van der Waals surface area contributed by atoms with Crippen LogP contribution in [-0.2, 0) is 6.42 Å². The monoisotopic (exact) mass is 334 g/mol. The van der Waals surface area contributed by atoms with Gasteiger partial charge in [-0.2, -0.15) is 0 Å². The van der Waals surface area contributed by atoms with E-state index < -0.39 is 0 Å². The summed E-state index contributed by atoms with van der Waals surface area (Å²) in [6, 6.07) is 11.7. The van der Waals surface area contributed by atoms with E-state index in [1.165, 1.54) is 17.2 Å². The summed E-state index contributed by atoms with van der Waals surface area (Å²) in [5.41, 5.74) is 9.85. The third-order valence-electron chi connectivity index (χ3n) is 3.79. The van der Waals surface area contributed by atoms with Crippen LogP contribution < -0.4 is 11.1 Å². The molecule has 2 aromatic rings. The molecule has 0 fully saturated rings. The van der Waals surface area contributed by atoms with Gasteiger partial charge in [-0.3, -0.25) is 0 Å². The molecule has 0 bridgehead atoms. The van der Waals surface area contributed by atoms with E-state index in [1.807, 2.05) is 6.07 Å². The van der Waals surface area contributed by atoms with Crippen molar-refractivity contribution in [3.63, 3.8) is 0 Å². The molecule has 0 aliphatic heterocycles. The number of hydrogen-bond acceptors (Lipinski definition) is 2. The van der Waals surface area contributed by atoms with Gasteiger partial charge in [0, 0.05) is 6.07 Å². The number of hydrogen-bond donors (Lipinski definition) is 2. The molecule has 3 rings (SSSR count). The van der Waals surface area contributed by atoms with Crippen LogP contribution in [0.4, 0.5) is 15.8 Å². The van der Waals surface area contributed by atoms with Crippen molar-refractivity contribution >= 4 is 27.3 Å². The molecule has 0 spiro atoms. The maximum Gasteiger partial charge on any atom is 0.139 e. The van der Waals surface area contributed by atoms with Crippen molar-refractivity contribution in [2.24, 2.45) is 0 Å². The van der Waals surface area contributed by atoms with Crippen LogP contribution in [0.2, 0.25) is 0 Å². The van der Waals surface area contributed by atoms with E-state index >= 15 is 0 Å². The van der Waals surface area contributed by atoms with Gasteiger partial charge in [0.1, 0.15) is 5.82 Å². The standard InChI is InChI=1S/C16H16BrFN2/c17-12-8-14(19)16(9-13(12)18)20-15-7-3-5-10-4-1-2-6-11(10)15/h1-2,4,6,8-9,15,20H,3,5,7,19H2. The highest BCUT2D eigenvalue weighted by Gasteiger charge is 2.20. The third-order valence-corrected chi connectivity index (χ3v) is 4.40. The summed E-state index contributed by atoms with van der Waals surface area (Å²) in [4.78, 5) is 0. The minimum Gasteiger partial charge on any atom is -0.397 e. The van der Waals surface area contributed by atoms with Gasteiger partial charge in [0.25, 0.3) is 0 Å². The maximum atomic E-state index is 13.7. The lowest BCUT2D eigenvalue weighted by Crippen LogP contribution is -2.18. The Morgan fingerprint density at radius 1 is 1.25 bits per heavy atom. The van der Waals surface area contributed by atoms with Crippen molar-refractivity contribution < 1.29 is 4.39 Å². The van der Waals surface area contributed by atoms with Crippen molar-refractivity contribution in [1.82, 2.24) is 0 Å². The number of fused-ring (bicyclic) bond motifs is 1. The van der Waals surface area contributed by atoms with Crippen LogP contribution in [-0.4, -0.2) is 0 Å². The zero-order chi connectivity index (χ0) is 14.1. The summed E-state index contributed by atoms with van der Waals surface area (Å²) in [5, 5.41) is 3.39. The van der Waals surface area contributed by atoms with Crippen LogP contribution in [0.5, 0.6) is 0 Å². The minimum absolute atomic E-state index is 0.197. The van der Waals surface area contributed by atoms with E-state index in [1.54, 1.807) is 6.07 Å². The lowest BCUT2D eigenvalue weighted by atomic mass is 9.87. The smallest absolute Gasteiger partial charge is 0.139 e. The lowest BCUT2D eigenvalue weighted by Gasteiger charge is -2.27. The van der Waals surface area contributed by atoms with Crippen LogP contribution in [0.15, 0.2) is 40.9 Å². The molecule has 1 aliphatic carbocycles. The van der Waals surface area contributed by atoms with E-state index in [-0.39, 0.29) is 11.9 Å². The van der Waals surface area contributed by atoms with Crippen molar-refractivity contribution in [3.8, 4) is 0 Å². The van der Waals surface area contributed by atoms with Gasteiger partial charge >= 0.3 is 0 Å². The number of aryl methyl sites for hydroxylation is 1. The molecular weight excluding hydrogens is 319 g/mol. The van der Waals surface area contributed by atoms with Gasteiger partial charge in [-0.05, 0) is 52.4 Å². The van der Waals surface area contributed by atoms with E-state index in [2.05, 4.69) is 39.4 Å². The van der Waals surface area contributed by atoms with Gasteiger partial charge in [-0.25, -0.2) is 4.39 Å². The van der Waals surface area contributed by atoms with Crippen molar-refractivity contribution in [1.29, 1.82) is 0 Å². The Labute approximate surface area is 126 Å². The fraction of sp³-hybridized carbons (Fsp3) is 0.250. The second-order valence-electron chi connectivity index (χ2n) is 5.14. The van der Waals surface area contributed by atoms with Crippen LogP contribution in [0.25, 0.3) is 0 Å². The zero-order valence-corrected chi connectivity index (χ0v) is 12.6. The molecule has 2 nitrogen and oxygen atoms in total. The van der Waals surface area contributed by atoms with E-state index in [4.69, 9.17) is 5.73 Å². The van der Waals surface area contributed by atoms with E-state index in [0.29, 0.717) is 15.8 Å². The highest BCUT2D eigenvalue weighted by Crippen LogP contribution is 2.35. The highest BCUT2D eigenvalue weighted by atomic mass is 79.9. The summed E-state index contributed by atoms with van der Waals surface area (Å²) < 4.78 is 14.1. The first-order valence-corrected chi connectivity index (χ1v) is 7.53. The number of benzene rings is 2. The van der Waals surface area contributed by atoms with E-state index in [0.717, 1.165) is 19.3 Å². The van der Waals surface area contributed by atoms with Gasteiger partial charge in [0.05, 0.1) is 21.9 Å². The minimum atomic E-state index is -0.300. The molecule has 1 atom stereocenters. The van der Waals surface area contributed by atoms with Gasteiger partial charge in [-0.15, -0.1) is 0 Å². The maximum absolute atomic E-state index is 13.7. The topological polar surface area (TPSA) is 38.0 Å². The van der Waals surface area contributed by atoms with Crippen LogP contribution >= 0.6 is 15.9 Å². The van der Waals surface area contributed by atoms with Crippen LogP contribution in [0.3, 0.4) is 0 Å². The molecule has 0 aromatic heterocycles. The Morgan fingerprint density at radius 3 is 2.90 bits per heavy atom. The van der Waals surface area contributed by atoms with Gasteiger partial charge < -0.3 is 11.1 Å². The molecule has 0 amide bonds. The summed E-state index contributed by atoms with van der Waals surface area (Å²) in [6.45, 7) is 0. The first-order chi connectivity index (χ1) is 9.65. The molecule has 3 N–H and O–H groups in total. The molecule has 0 heterocycles. The van der Waals surface area contributed by atoms with Gasteiger partial charge in [-0.1, -0.05) is 24.3 Å². The fourth-order valence-corrected chi connectivity index (χ4v) is 3.14. The first-order valence-electron chi connectivity index (χ1n) is 6.74. The van der Waals surface area contributed by atoms with E-state index in [9.17, 15) is 4.39 Å². The Bertz CT molecular complexity index is 642. The molecular formula is C16H16BrFN2. The third kappa shape index (κ3) is 2.52. The first kappa shape index (κ1) is 13.4. The number of anilines is 2. The Balaban J connectivity index is 1.91. The largest absolute Gasteiger partial charge is 0.397 e. The molecule has 4 heteroatoms. The number of rotatable bonds is 2. The Kier molecular flexibility index (Phi) is 3.66. The second kappa shape index (κ2) is 5.44. The predicted molar refractivity (Wildman–Crippen MR) is 84.3 cm³/mol. The van der Waals surface area contributed by atoms with Crippen molar-refractivity contribution in [2.75, 3.05) is 11.1 Å². The molecule has 1 unspecified atom stereocenters. The zero-order valence-electron chi connectivity index (χ0n) is 11.0. The Morgan fingerprint density at radius 2 is 2.05 bits per heavy atom. The second-order valence-corrected chi connectivity index (χ2v) is 6.00. The lowest BCUT2D eigenvalue weighted by molar-refractivity contribution is 0.597.